The van der Waals surface area contributed by atoms with Crippen LogP contribution in [-0.2, 0) is 11.2 Å². The molecular weight excluding hydrogens is 354 g/mol. The third-order valence-corrected chi connectivity index (χ3v) is 4.67. The summed E-state index contributed by atoms with van der Waals surface area (Å²) in [5.74, 6) is 0.651. The first-order chi connectivity index (χ1) is 13.4. The van der Waals surface area contributed by atoms with Crippen LogP contribution in [0.1, 0.15) is 34.5 Å². The molecule has 3 N–H and O–H groups in total. The van der Waals surface area contributed by atoms with Gasteiger partial charge in [0, 0.05) is 35.3 Å². The van der Waals surface area contributed by atoms with Crippen LogP contribution in [0, 0.1) is 32.1 Å². The van der Waals surface area contributed by atoms with Crippen LogP contribution in [0.25, 0.3) is 11.4 Å². The van der Waals surface area contributed by atoms with Gasteiger partial charge in [-0.25, -0.2) is 4.98 Å². The molecule has 0 spiro atoms. The first kappa shape index (κ1) is 19.1. The Balaban J connectivity index is 1.65. The summed E-state index contributed by atoms with van der Waals surface area (Å²) in [5, 5.41) is 12.0. The average Bonchev–Trinajstić information content (AvgIpc) is 3.08. The van der Waals surface area contributed by atoms with Crippen molar-refractivity contribution in [3.8, 4) is 17.5 Å². The van der Waals surface area contributed by atoms with Crippen LogP contribution in [0.15, 0.2) is 35.3 Å². The first-order valence-electron chi connectivity index (χ1n) is 8.93. The zero-order valence-corrected chi connectivity index (χ0v) is 16.0. The lowest BCUT2D eigenvalue weighted by Gasteiger charge is -2.11. The van der Waals surface area contributed by atoms with E-state index in [4.69, 9.17) is 5.26 Å². The molecule has 0 saturated carbocycles. The van der Waals surface area contributed by atoms with Crippen LogP contribution in [0.5, 0.6) is 0 Å². The van der Waals surface area contributed by atoms with E-state index in [0.717, 1.165) is 22.6 Å². The van der Waals surface area contributed by atoms with E-state index in [0.29, 0.717) is 23.4 Å². The minimum absolute atomic E-state index is 0.102. The Morgan fingerprint density at radius 2 is 1.89 bits per heavy atom. The molecule has 0 bridgehead atoms. The van der Waals surface area contributed by atoms with Gasteiger partial charge in [0.25, 0.3) is 5.56 Å². The van der Waals surface area contributed by atoms with Gasteiger partial charge in [-0.05, 0) is 62.6 Å². The summed E-state index contributed by atoms with van der Waals surface area (Å²) in [7, 11) is 0. The van der Waals surface area contributed by atoms with Crippen LogP contribution in [-0.4, -0.2) is 20.9 Å². The maximum atomic E-state index is 12.3. The third-order valence-electron chi connectivity index (χ3n) is 4.67. The van der Waals surface area contributed by atoms with Crippen molar-refractivity contribution in [3.05, 3.63) is 68.9 Å². The van der Waals surface area contributed by atoms with Gasteiger partial charge in [-0.15, -0.1) is 0 Å². The van der Waals surface area contributed by atoms with Gasteiger partial charge >= 0.3 is 0 Å². The second-order valence-electron chi connectivity index (χ2n) is 6.71. The van der Waals surface area contributed by atoms with Crippen LogP contribution in [0.2, 0.25) is 0 Å². The zero-order valence-electron chi connectivity index (χ0n) is 16.0. The quantitative estimate of drug-likeness (QED) is 0.635. The smallest absolute Gasteiger partial charge is 0.266 e. The lowest BCUT2D eigenvalue weighted by Crippen LogP contribution is -2.18. The van der Waals surface area contributed by atoms with Gasteiger partial charge in [-0.2, -0.15) is 5.26 Å². The number of benzene rings is 1. The highest BCUT2D eigenvalue weighted by Gasteiger charge is 2.13. The van der Waals surface area contributed by atoms with Crippen LogP contribution in [0.3, 0.4) is 0 Å². The fourth-order valence-electron chi connectivity index (χ4n) is 3.15. The van der Waals surface area contributed by atoms with E-state index in [2.05, 4.69) is 20.3 Å². The van der Waals surface area contributed by atoms with Gasteiger partial charge in [0.2, 0.25) is 5.91 Å². The van der Waals surface area contributed by atoms with Crippen molar-refractivity contribution >= 4 is 11.6 Å². The standard InChI is InChI=1S/C21H21N5O2/c1-12-11-23-20(24-12)15-4-6-16(7-5-15)26-19(27)9-8-17-13(2)18(10-22)21(28)25-14(17)3/h4-7,11H,8-9H2,1-3H3,(H,23,24)(H,25,28)(H,26,27). The molecule has 0 unspecified atom stereocenters. The SMILES string of the molecule is Cc1cnc(-c2ccc(NC(=O)CCc3c(C)[nH]c(=O)c(C#N)c3C)cc2)[nH]1. The number of anilines is 1. The summed E-state index contributed by atoms with van der Waals surface area (Å²) in [5.41, 5.74) is 4.48. The number of nitrogens with one attached hydrogen (secondary N) is 3. The maximum absolute atomic E-state index is 12.3. The molecule has 7 nitrogen and oxygen atoms in total. The Kier molecular flexibility index (Phi) is 5.41. The molecule has 0 atom stereocenters. The summed E-state index contributed by atoms with van der Waals surface area (Å²) in [4.78, 5) is 34.2. The predicted molar refractivity (Wildman–Crippen MR) is 107 cm³/mol. The van der Waals surface area contributed by atoms with E-state index >= 15 is 0 Å². The number of imidazole rings is 1. The van der Waals surface area contributed by atoms with Gasteiger partial charge in [0.15, 0.2) is 0 Å². The van der Waals surface area contributed by atoms with E-state index in [1.165, 1.54) is 0 Å². The molecule has 0 fully saturated rings. The molecule has 0 aliphatic carbocycles. The molecule has 2 heterocycles. The number of carbonyl (C=O) groups is 1. The zero-order chi connectivity index (χ0) is 20.3. The van der Waals surface area contributed by atoms with Crippen molar-refractivity contribution < 1.29 is 4.79 Å². The largest absolute Gasteiger partial charge is 0.342 e. The number of nitriles is 1. The molecule has 0 saturated heterocycles. The monoisotopic (exact) mass is 375 g/mol. The van der Waals surface area contributed by atoms with Crippen molar-refractivity contribution in [1.82, 2.24) is 15.0 Å². The predicted octanol–water partition coefficient (Wildman–Crippen LogP) is 3.13. The van der Waals surface area contributed by atoms with E-state index in [1.54, 1.807) is 20.0 Å². The number of hydrogen-bond acceptors (Lipinski definition) is 4. The molecule has 1 amide bonds. The number of H-pyrrole nitrogens is 2. The van der Waals surface area contributed by atoms with E-state index in [1.807, 2.05) is 37.3 Å². The minimum Gasteiger partial charge on any atom is -0.342 e. The minimum atomic E-state index is -0.391. The molecule has 0 aliphatic heterocycles. The molecule has 142 valence electrons. The highest BCUT2D eigenvalue weighted by molar-refractivity contribution is 5.91. The number of aromatic amines is 2. The molecule has 2 aromatic heterocycles. The Labute approximate surface area is 162 Å². The summed E-state index contributed by atoms with van der Waals surface area (Å²) < 4.78 is 0. The second-order valence-corrected chi connectivity index (χ2v) is 6.71. The maximum Gasteiger partial charge on any atom is 0.266 e. The molecule has 1 aromatic carbocycles. The number of nitrogens with zero attached hydrogens (tertiary/aromatic N) is 2. The molecule has 3 aromatic rings. The lowest BCUT2D eigenvalue weighted by atomic mass is 9.99. The van der Waals surface area contributed by atoms with E-state index in [-0.39, 0.29) is 17.9 Å². The van der Waals surface area contributed by atoms with Crippen molar-refractivity contribution in [2.24, 2.45) is 0 Å². The molecule has 0 aliphatic rings. The highest BCUT2D eigenvalue weighted by Crippen LogP contribution is 2.19. The van der Waals surface area contributed by atoms with Gasteiger partial charge in [-0.3, -0.25) is 9.59 Å². The highest BCUT2D eigenvalue weighted by atomic mass is 16.1. The average molecular weight is 375 g/mol. The van der Waals surface area contributed by atoms with E-state index < -0.39 is 5.56 Å². The fourth-order valence-corrected chi connectivity index (χ4v) is 3.15. The van der Waals surface area contributed by atoms with Crippen LogP contribution < -0.4 is 10.9 Å². The lowest BCUT2D eigenvalue weighted by molar-refractivity contribution is -0.116. The number of carbonyl (C=O) groups excluding carboxylic acids is 1. The third kappa shape index (κ3) is 4.01. The molecule has 28 heavy (non-hydrogen) atoms. The van der Waals surface area contributed by atoms with Gasteiger partial charge in [0.1, 0.15) is 17.5 Å². The first-order valence-corrected chi connectivity index (χ1v) is 8.93. The van der Waals surface area contributed by atoms with Crippen LogP contribution >= 0.6 is 0 Å². The number of aromatic nitrogens is 3. The molecule has 0 radical (unpaired) electrons. The van der Waals surface area contributed by atoms with Gasteiger partial charge < -0.3 is 15.3 Å². The molecule has 7 heteroatoms. The Hall–Kier alpha value is -3.66. The summed E-state index contributed by atoms with van der Waals surface area (Å²) in [6.07, 6.45) is 2.46. The Morgan fingerprint density at radius 1 is 1.18 bits per heavy atom. The fraction of sp³-hybridized carbons (Fsp3) is 0.238. The van der Waals surface area contributed by atoms with Crippen molar-refractivity contribution in [2.45, 2.75) is 33.6 Å². The topological polar surface area (TPSA) is 114 Å². The van der Waals surface area contributed by atoms with Gasteiger partial charge in [-0.1, -0.05) is 0 Å². The summed E-state index contributed by atoms with van der Waals surface area (Å²) >= 11 is 0. The number of amides is 1. The van der Waals surface area contributed by atoms with Crippen molar-refractivity contribution in [3.63, 3.8) is 0 Å². The number of hydrogen-bond donors (Lipinski definition) is 3. The molecular formula is C21H21N5O2. The number of aryl methyl sites for hydroxylation is 2. The Morgan fingerprint density at radius 3 is 2.50 bits per heavy atom. The summed E-state index contributed by atoms with van der Waals surface area (Å²) in [6.45, 7) is 5.46. The Bertz CT molecular complexity index is 1120. The van der Waals surface area contributed by atoms with Gasteiger partial charge in [0.05, 0.1) is 0 Å². The second kappa shape index (κ2) is 7.92. The number of rotatable bonds is 5. The number of pyridine rings is 1. The summed E-state index contributed by atoms with van der Waals surface area (Å²) in [6, 6.07) is 9.37. The van der Waals surface area contributed by atoms with Crippen molar-refractivity contribution in [1.29, 1.82) is 5.26 Å². The van der Waals surface area contributed by atoms with E-state index in [9.17, 15) is 9.59 Å². The van der Waals surface area contributed by atoms with Crippen LogP contribution in [0.4, 0.5) is 5.69 Å². The normalized spacial score (nSPS) is 10.5. The van der Waals surface area contributed by atoms with Crippen molar-refractivity contribution in [2.75, 3.05) is 5.32 Å². The molecule has 3 rings (SSSR count).